The van der Waals surface area contributed by atoms with Crippen molar-refractivity contribution in [3.63, 3.8) is 0 Å². The van der Waals surface area contributed by atoms with E-state index in [1.165, 1.54) is 42.1 Å². The first-order valence-corrected chi connectivity index (χ1v) is 7.00. The summed E-state index contributed by atoms with van der Waals surface area (Å²) in [6.07, 6.45) is 1.88. The van der Waals surface area contributed by atoms with Gasteiger partial charge in [-0.05, 0) is 36.6 Å². The number of thioether (sulfide) groups is 1. The summed E-state index contributed by atoms with van der Waals surface area (Å²) in [5.41, 5.74) is 0.659. The summed E-state index contributed by atoms with van der Waals surface area (Å²) < 4.78 is 0. The number of phenolic OH excluding ortho intramolecular Hbond substituents is 1. The molecule has 5 heteroatoms. The predicted molar refractivity (Wildman–Crippen MR) is 76.7 cm³/mol. The summed E-state index contributed by atoms with van der Waals surface area (Å²) in [4.78, 5) is 23.9. The molecule has 0 saturated carbocycles. The van der Waals surface area contributed by atoms with E-state index in [9.17, 15) is 14.7 Å². The highest BCUT2D eigenvalue weighted by Gasteiger charge is 2.15. The molecule has 0 fully saturated rings. The fourth-order valence-electron chi connectivity index (χ4n) is 1.74. The second-order valence-electron chi connectivity index (χ2n) is 4.09. The molecule has 0 unspecified atom stereocenters. The fraction of sp³-hybridized carbons (Fsp3) is 0.0667. The molecule has 0 heterocycles. The van der Waals surface area contributed by atoms with Crippen LogP contribution in [0.5, 0.6) is 5.75 Å². The molecule has 0 aliphatic rings. The van der Waals surface area contributed by atoms with Crippen molar-refractivity contribution < 1.29 is 19.8 Å². The Balaban J connectivity index is 2.38. The number of hydrogen-bond acceptors (Lipinski definition) is 4. The molecule has 0 aliphatic carbocycles. The van der Waals surface area contributed by atoms with Crippen LogP contribution in [0.2, 0.25) is 0 Å². The van der Waals surface area contributed by atoms with E-state index in [-0.39, 0.29) is 22.7 Å². The quantitative estimate of drug-likeness (QED) is 0.668. The minimum absolute atomic E-state index is 0.0879. The molecule has 20 heavy (non-hydrogen) atoms. The van der Waals surface area contributed by atoms with E-state index in [1.807, 2.05) is 6.26 Å². The van der Waals surface area contributed by atoms with E-state index in [0.717, 1.165) is 4.90 Å². The Morgan fingerprint density at radius 2 is 1.60 bits per heavy atom. The Labute approximate surface area is 120 Å². The summed E-state index contributed by atoms with van der Waals surface area (Å²) in [5.74, 6) is -1.47. The predicted octanol–water partition coefficient (Wildman–Crippen LogP) is 3.04. The third-order valence-electron chi connectivity index (χ3n) is 2.84. The molecule has 4 nitrogen and oxygen atoms in total. The molecule has 0 saturated heterocycles. The monoisotopic (exact) mass is 288 g/mol. The highest BCUT2D eigenvalue weighted by atomic mass is 32.2. The van der Waals surface area contributed by atoms with Gasteiger partial charge in [-0.3, -0.25) is 4.79 Å². The maximum atomic E-state index is 12.3. The van der Waals surface area contributed by atoms with Crippen molar-refractivity contribution in [1.82, 2.24) is 0 Å². The summed E-state index contributed by atoms with van der Waals surface area (Å²) in [6, 6.07) is 10.4. The highest BCUT2D eigenvalue weighted by molar-refractivity contribution is 7.98. The van der Waals surface area contributed by atoms with Crippen LogP contribution in [0.1, 0.15) is 26.3 Å². The smallest absolute Gasteiger partial charge is 0.335 e. The second kappa shape index (κ2) is 5.79. The lowest BCUT2D eigenvalue weighted by atomic mass is 10.0. The molecule has 0 aromatic heterocycles. The second-order valence-corrected chi connectivity index (χ2v) is 4.97. The van der Waals surface area contributed by atoms with Crippen molar-refractivity contribution in [2.24, 2.45) is 0 Å². The molecular weight excluding hydrogens is 276 g/mol. The lowest BCUT2D eigenvalue weighted by Crippen LogP contribution is -2.03. The molecule has 2 aromatic carbocycles. The molecule has 0 amide bonds. The minimum atomic E-state index is -1.05. The van der Waals surface area contributed by atoms with E-state index in [1.54, 1.807) is 12.1 Å². The first-order valence-electron chi connectivity index (χ1n) is 5.78. The molecule has 0 atom stereocenters. The van der Waals surface area contributed by atoms with Gasteiger partial charge in [0.1, 0.15) is 5.75 Å². The fourth-order valence-corrected chi connectivity index (χ4v) is 2.18. The molecule has 0 radical (unpaired) electrons. The number of carbonyl (C=O) groups excluding carboxylic acids is 1. The SMILES string of the molecule is CSc1ccc(O)c(C(=O)c2ccc(C(=O)O)cc2)c1. The zero-order chi connectivity index (χ0) is 14.7. The number of aromatic hydroxyl groups is 1. The third-order valence-corrected chi connectivity index (χ3v) is 3.57. The van der Waals surface area contributed by atoms with Gasteiger partial charge in [-0.2, -0.15) is 0 Å². The molecule has 2 rings (SSSR count). The maximum absolute atomic E-state index is 12.3. The molecule has 2 N–H and O–H groups in total. The number of rotatable bonds is 4. The molecule has 2 aromatic rings. The molecule has 0 bridgehead atoms. The van der Waals surface area contributed by atoms with Crippen molar-refractivity contribution in [3.05, 3.63) is 59.2 Å². The van der Waals surface area contributed by atoms with Gasteiger partial charge in [0.05, 0.1) is 11.1 Å². The van der Waals surface area contributed by atoms with Crippen LogP contribution < -0.4 is 0 Å². The van der Waals surface area contributed by atoms with Crippen LogP contribution in [0.3, 0.4) is 0 Å². The van der Waals surface area contributed by atoms with Gasteiger partial charge in [-0.25, -0.2) is 4.79 Å². The Morgan fingerprint density at radius 1 is 1.00 bits per heavy atom. The lowest BCUT2D eigenvalue weighted by Gasteiger charge is -2.06. The molecule has 0 spiro atoms. The van der Waals surface area contributed by atoms with E-state index in [2.05, 4.69) is 0 Å². The summed E-state index contributed by atoms with van der Waals surface area (Å²) >= 11 is 1.47. The average Bonchev–Trinajstić information content (AvgIpc) is 2.47. The maximum Gasteiger partial charge on any atom is 0.335 e. The number of carboxylic acid groups (broad SMARTS) is 1. The van der Waals surface area contributed by atoms with Crippen LogP contribution in [0.25, 0.3) is 0 Å². The summed E-state index contributed by atoms with van der Waals surface area (Å²) in [6.45, 7) is 0. The van der Waals surface area contributed by atoms with Crippen LogP contribution >= 0.6 is 11.8 Å². The molecular formula is C15H12O4S. The highest BCUT2D eigenvalue weighted by Crippen LogP contribution is 2.26. The standard InChI is InChI=1S/C15H12O4S/c1-20-11-6-7-13(16)12(8-11)14(17)9-2-4-10(5-3-9)15(18)19/h2-8,16H,1H3,(H,18,19). The number of aromatic carboxylic acids is 1. The Morgan fingerprint density at radius 3 is 2.15 bits per heavy atom. The number of hydrogen-bond donors (Lipinski definition) is 2. The van der Waals surface area contributed by atoms with Crippen molar-refractivity contribution in [2.45, 2.75) is 4.90 Å². The number of ketones is 1. The van der Waals surface area contributed by atoms with Crippen LogP contribution in [0, 0.1) is 0 Å². The van der Waals surface area contributed by atoms with Crippen molar-refractivity contribution in [1.29, 1.82) is 0 Å². The zero-order valence-electron chi connectivity index (χ0n) is 10.7. The van der Waals surface area contributed by atoms with E-state index >= 15 is 0 Å². The van der Waals surface area contributed by atoms with Crippen LogP contribution in [-0.2, 0) is 0 Å². The Kier molecular flexibility index (Phi) is 4.10. The van der Waals surface area contributed by atoms with Crippen LogP contribution in [0.15, 0.2) is 47.4 Å². The molecule has 0 aliphatic heterocycles. The van der Waals surface area contributed by atoms with Crippen molar-refractivity contribution >= 4 is 23.5 Å². The topological polar surface area (TPSA) is 74.6 Å². The number of benzene rings is 2. The number of phenols is 1. The van der Waals surface area contributed by atoms with E-state index < -0.39 is 5.97 Å². The number of carbonyl (C=O) groups is 2. The van der Waals surface area contributed by atoms with Gasteiger partial charge in [0.15, 0.2) is 5.78 Å². The van der Waals surface area contributed by atoms with Gasteiger partial charge >= 0.3 is 5.97 Å². The van der Waals surface area contributed by atoms with Gasteiger partial charge in [0.25, 0.3) is 0 Å². The van der Waals surface area contributed by atoms with Gasteiger partial charge in [-0.1, -0.05) is 12.1 Å². The van der Waals surface area contributed by atoms with Gasteiger partial charge < -0.3 is 10.2 Å². The van der Waals surface area contributed by atoms with Gasteiger partial charge in [-0.15, -0.1) is 11.8 Å². The third kappa shape index (κ3) is 2.83. The first kappa shape index (κ1) is 14.1. The van der Waals surface area contributed by atoms with Crippen LogP contribution in [-0.4, -0.2) is 28.2 Å². The van der Waals surface area contributed by atoms with Gasteiger partial charge in [0.2, 0.25) is 0 Å². The number of carboxylic acids is 1. The van der Waals surface area contributed by atoms with E-state index in [4.69, 9.17) is 5.11 Å². The Bertz CT molecular complexity index is 662. The average molecular weight is 288 g/mol. The zero-order valence-corrected chi connectivity index (χ0v) is 11.5. The summed E-state index contributed by atoms with van der Waals surface area (Å²) in [5, 5.41) is 18.6. The van der Waals surface area contributed by atoms with E-state index in [0.29, 0.717) is 5.56 Å². The van der Waals surface area contributed by atoms with Crippen LogP contribution in [0.4, 0.5) is 0 Å². The Hall–Kier alpha value is -2.27. The van der Waals surface area contributed by atoms with Gasteiger partial charge in [0, 0.05) is 10.5 Å². The van der Waals surface area contributed by atoms with Crippen molar-refractivity contribution in [3.8, 4) is 5.75 Å². The first-order chi connectivity index (χ1) is 9.52. The normalized spacial score (nSPS) is 10.2. The molecule has 102 valence electrons. The largest absolute Gasteiger partial charge is 0.507 e. The minimum Gasteiger partial charge on any atom is -0.507 e. The van der Waals surface area contributed by atoms with Crippen molar-refractivity contribution in [2.75, 3.05) is 6.26 Å². The lowest BCUT2D eigenvalue weighted by molar-refractivity contribution is 0.0696. The summed E-state index contributed by atoms with van der Waals surface area (Å²) in [7, 11) is 0.